The first-order chi connectivity index (χ1) is 10.1. The Labute approximate surface area is 141 Å². The number of thioether (sulfide) groups is 1. The van der Waals surface area contributed by atoms with E-state index in [-0.39, 0.29) is 0 Å². The van der Waals surface area contributed by atoms with Gasteiger partial charge in [0.25, 0.3) is 0 Å². The predicted octanol–water partition coefficient (Wildman–Crippen LogP) is 4.47. The summed E-state index contributed by atoms with van der Waals surface area (Å²) in [7, 11) is 0. The second-order valence-corrected chi connectivity index (χ2v) is 7.13. The Kier molecular flexibility index (Phi) is 8.24. The van der Waals surface area contributed by atoms with Crippen LogP contribution in [0.3, 0.4) is 0 Å². The van der Waals surface area contributed by atoms with Gasteiger partial charge >= 0.3 is 0 Å². The smallest absolute Gasteiger partial charge is 0.148 e. The predicted molar refractivity (Wildman–Crippen MR) is 97.0 cm³/mol. The minimum absolute atomic E-state index is 0.299. The Hall–Kier alpha value is -0.630. The summed E-state index contributed by atoms with van der Waals surface area (Å²) in [5, 5.41) is 3.57. The molecule has 0 aliphatic carbocycles. The molecule has 0 fully saturated rings. The lowest BCUT2D eigenvalue weighted by Gasteiger charge is -2.30. The average molecular weight is 370 g/mol. The van der Waals surface area contributed by atoms with Gasteiger partial charge in [0.1, 0.15) is 12.4 Å². The minimum Gasteiger partial charge on any atom is -0.481 e. The van der Waals surface area contributed by atoms with Crippen LogP contribution in [0.15, 0.2) is 22.7 Å². The molecular formula is C17H24BrNOS. The van der Waals surface area contributed by atoms with Crippen molar-refractivity contribution in [3.63, 3.8) is 0 Å². The summed E-state index contributed by atoms with van der Waals surface area (Å²) < 4.78 is 6.96. The van der Waals surface area contributed by atoms with E-state index in [4.69, 9.17) is 11.2 Å². The topological polar surface area (TPSA) is 21.3 Å². The van der Waals surface area contributed by atoms with Gasteiger partial charge in [0.2, 0.25) is 0 Å². The third-order valence-corrected chi connectivity index (χ3v) is 5.90. The Balaban J connectivity index is 2.70. The van der Waals surface area contributed by atoms with Crippen LogP contribution in [-0.4, -0.2) is 24.2 Å². The van der Waals surface area contributed by atoms with Gasteiger partial charge in [0.05, 0.1) is 0 Å². The van der Waals surface area contributed by atoms with Gasteiger partial charge < -0.3 is 10.1 Å². The van der Waals surface area contributed by atoms with Crippen molar-refractivity contribution in [2.75, 3.05) is 19.4 Å². The maximum Gasteiger partial charge on any atom is 0.148 e. The first kappa shape index (κ1) is 18.4. The summed E-state index contributed by atoms with van der Waals surface area (Å²) in [5.74, 6) is 3.36. The Bertz CT molecular complexity index is 472. The van der Waals surface area contributed by atoms with E-state index in [1.165, 1.54) is 0 Å². The molecular weight excluding hydrogens is 346 g/mol. The van der Waals surface area contributed by atoms with Crippen LogP contribution in [0.4, 0.5) is 0 Å². The fourth-order valence-corrected chi connectivity index (χ4v) is 3.46. The molecule has 0 bridgehead atoms. The molecule has 0 aliphatic rings. The van der Waals surface area contributed by atoms with Crippen LogP contribution in [0.1, 0.15) is 32.3 Å². The highest BCUT2D eigenvalue weighted by molar-refractivity contribution is 9.10. The monoisotopic (exact) mass is 369 g/mol. The lowest BCUT2D eigenvalue weighted by molar-refractivity contribution is 0.364. The van der Waals surface area contributed by atoms with E-state index in [0.717, 1.165) is 41.7 Å². The van der Waals surface area contributed by atoms with Gasteiger partial charge in [-0.05, 0) is 37.3 Å². The molecule has 1 rings (SSSR count). The number of hydrogen-bond acceptors (Lipinski definition) is 3. The van der Waals surface area contributed by atoms with Crippen LogP contribution >= 0.6 is 27.7 Å². The lowest BCUT2D eigenvalue weighted by Crippen LogP contribution is -2.36. The van der Waals surface area contributed by atoms with Crippen LogP contribution in [0.2, 0.25) is 0 Å². The maximum atomic E-state index is 5.60. The molecule has 0 unspecified atom stereocenters. The van der Waals surface area contributed by atoms with Crippen LogP contribution in [0.5, 0.6) is 5.75 Å². The molecule has 1 aromatic carbocycles. The van der Waals surface area contributed by atoms with Crippen LogP contribution < -0.4 is 10.1 Å². The van der Waals surface area contributed by atoms with Crippen molar-refractivity contribution in [2.24, 2.45) is 0 Å². The summed E-state index contributed by atoms with van der Waals surface area (Å²) in [6.45, 7) is 6.57. The van der Waals surface area contributed by atoms with Crippen molar-refractivity contribution in [1.29, 1.82) is 0 Å². The van der Waals surface area contributed by atoms with Gasteiger partial charge in [0, 0.05) is 27.9 Å². The van der Waals surface area contributed by atoms with Crippen molar-refractivity contribution in [3.05, 3.63) is 28.2 Å². The average Bonchev–Trinajstić information content (AvgIpc) is 2.51. The number of nitrogens with one attached hydrogen (secondary N) is 1. The number of benzene rings is 1. The van der Waals surface area contributed by atoms with Crippen molar-refractivity contribution in [3.8, 4) is 18.1 Å². The molecule has 0 spiro atoms. The van der Waals surface area contributed by atoms with Crippen molar-refractivity contribution in [2.45, 2.75) is 38.0 Å². The molecule has 0 heterocycles. The molecule has 116 valence electrons. The molecule has 2 nitrogen and oxygen atoms in total. The Morgan fingerprint density at radius 1 is 1.38 bits per heavy atom. The second-order valence-electron chi connectivity index (χ2n) is 4.94. The fourth-order valence-electron chi connectivity index (χ4n) is 2.23. The maximum absolute atomic E-state index is 5.60. The highest BCUT2D eigenvalue weighted by Gasteiger charge is 2.24. The summed E-state index contributed by atoms with van der Waals surface area (Å²) in [6.07, 6.45) is 9.78. The van der Waals surface area contributed by atoms with Crippen molar-refractivity contribution < 1.29 is 4.74 Å². The molecule has 1 aromatic rings. The fraction of sp³-hybridized carbons (Fsp3) is 0.529. The van der Waals surface area contributed by atoms with E-state index in [2.05, 4.69) is 53.3 Å². The van der Waals surface area contributed by atoms with Gasteiger partial charge in [-0.3, -0.25) is 0 Å². The zero-order valence-corrected chi connectivity index (χ0v) is 15.4. The number of halogens is 1. The quantitative estimate of drug-likeness (QED) is 0.648. The standard InChI is InChI=1S/C17H24BrNOS/c1-5-10-20-16-9-8-15(18)11-14(16)12-19-13-17(6-2,7-3)21-4/h1,8-9,11,19H,6-7,10,12-13H2,2-4H3. The van der Waals surface area contributed by atoms with E-state index in [9.17, 15) is 0 Å². The van der Waals surface area contributed by atoms with E-state index in [1.807, 2.05) is 23.9 Å². The third-order valence-electron chi connectivity index (χ3n) is 3.82. The minimum atomic E-state index is 0.299. The summed E-state index contributed by atoms with van der Waals surface area (Å²) in [4.78, 5) is 0. The second kappa shape index (κ2) is 9.40. The van der Waals surface area contributed by atoms with Crippen molar-refractivity contribution in [1.82, 2.24) is 5.32 Å². The molecule has 4 heteroatoms. The number of ether oxygens (including phenoxy) is 1. The lowest BCUT2D eigenvalue weighted by atomic mass is 10.0. The number of hydrogen-bond donors (Lipinski definition) is 1. The molecule has 0 saturated carbocycles. The number of terminal acetylenes is 1. The summed E-state index contributed by atoms with van der Waals surface area (Å²) in [6, 6.07) is 6.01. The Morgan fingerprint density at radius 3 is 2.67 bits per heavy atom. The molecule has 0 radical (unpaired) electrons. The SMILES string of the molecule is C#CCOc1ccc(Br)cc1CNCC(CC)(CC)SC. The highest BCUT2D eigenvalue weighted by Crippen LogP contribution is 2.30. The highest BCUT2D eigenvalue weighted by atomic mass is 79.9. The molecule has 21 heavy (non-hydrogen) atoms. The zero-order valence-electron chi connectivity index (χ0n) is 13.0. The summed E-state index contributed by atoms with van der Waals surface area (Å²) >= 11 is 5.45. The largest absolute Gasteiger partial charge is 0.481 e. The van der Waals surface area contributed by atoms with Crippen LogP contribution in [-0.2, 0) is 6.54 Å². The van der Waals surface area contributed by atoms with Gasteiger partial charge in [-0.1, -0.05) is 35.7 Å². The van der Waals surface area contributed by atoms with Gasteiger partial charge in [-0.25, -0.2) is 0 Å². The van der Waals surface area contributed by atoms with Crippen LogP contribution in [0.25, 0.3) is 0 Å². The molecule has 1 N–H and O–H groups in total. The first-order valence-corrected chi connectivity index (χ1v) is 9.23. The van der Waals surface area contributed by atoms with E-state index in [1.54, 1.807) is 0 Å². The van der Waals surface area contributed by atoms with Gasteiger partial charge in [-0.15, -0.1) is 6.42 Å². The third kappa shape index (κ3) is 5.58. The molecule has 0 saturated heterocycles. The molecule has 0 aromatic heterocycles. The molecule has 0 atom stereocenters. The van der Waals surface area contributed by atoms with Gasteiger partial charge in [0.15, 0.2) is 0 Å². The van der Waals surface area contributed by atoms with Crippen LogP contribution in [0, 0.1) is 12.3 Å². The first-order valence-electron chi connectivity index (χ1n) is 7.21. The van der Waals surface area contributed by atoms with Crippen molar-refractivity contribution >= 4 is 27.7 Å². The molecule has 0 amide bonds. The number of rotatable bonds is 9. The van der Waals surface area contributed by atoms with E-state index in [0.29, 0.717) is 11.4 Å². The van der Waals surface area contributed by atoms with Gasteiger partial charge in [-0.2, -0.15) is 11.8 Å². The molecule has 0 aliphatic heterocycles. The Morgan fingerprint density at radius 2 is 2.10 bits per heavy atom. The zero-order chi connectivity index (χ0) is 15.7. The van der Waals surface area contributed by atoms with E-state index < -0.39 is 0 Å². The van der Waals surface area contributed by atoms with E-state index >= 15 is 0 Å². The normalized spacial score (nSPS) is 11.2. The summed E-state index contributed by atoms with van der Waals surface area (Å²) in [5.41, 5.74) is 1.13.